The summed E-state index contributed by atoms with van der Waals surface area (Å²) < 4.78 is 0. The zero-order chi connectivity index (χ0) is 12.1. The molecule has 1 aromatic rings. The maximum Gasteiger partial charge on any atom is 0.237 e. The zero-order valence-electron chi connectivity index (χ0n) is 10.2. The van der Waals surface area contributed by atoms with Crippen molar-refractivity contribution in [3.8, 4) is 0 Å². The molecule has 0 fully saturated rings. The van der Waals surface area contributed by atoms with Gasteiger partial charge in [-0.3, -0.25) is 4.79 Å². The van der Waals surface area contributed by atoms with Crippen molar-refractivity contribution in [2.45, 2.75) is 39.3 Å². The molecule has 0 saturated heterocycles. The van der Waals surface area contributed by atoms with Crippen molar-refractivity contribution in [1.29, 1.82) is 0 Å². The molecule has 0 spiro atoms. The summed E-state index contributed by atoms with van der Waals surface area (Å²) in [6.45, 7) is 5.79. The number of hydrogen-bond donors (Lipinski definition) is 2. The number of aryl methyl sites for hydroxylation is 1. The standard InChI is InChI=1S/C13H20N2O/c1-4-12(15-13(16)10(3)14)11-7-5-9(2)6-8-11/h5-8,10,12H,4,14H2,1-3H3,(H,15,16)/t10-,12?/m0/s1. The first-order chi connectivity index (χ1) is 7.54. The number of nitrogens with one attached hydrogen (secondary N) is 1. The first-order valence-electron chi connectivity index (χ1n) is 5.67. The predicted octanol–water partition coefficient (Wildman–Crippen LogP) is 1.91. The maximum absolute atomic E-state index is 11.5. The van der Waals surface area contributed by atoms with Crippen LogP contribution in [0.3, 0.4) is 0 Å². The summed E-state index contributed by atoms with van der Waals surface area (Å²) in [5.41, 5.74) is 7.88. The second-order valence-electron chi connectivity index (χ2n) is 4.17. The molecule has 2 atom stereocenters. The van der Waals surface area contributed by atoms with E-state index in [-0.39, 0.29) is 11.9 Å². The minimum absolute atomic E-state index is 0.0547. The largest absolute Gasteiger partial charge is 0.348 e. The number of rotatable bonds is 4. The summed E-state index contributed by atoms with van der Waals surface area (Å²) in [7, 11) is 0. The Morgan fingerprint density at radius 1 is 1.38 bits per heavy atom. The monoisotopic (exact) mass is 220 g/mol. The van der Waals surface area contributed by atoms with Crippen LogP contribution >= 0.6 is 0 Å². The van der Waals surface area contributed by atoms with Gasteiger partial charge < -0.3 is 11.1 Å². The smallest absolute Gasteiger partial charge is 0.237 e. The average molecular weight is 220 g/mol. The van der Waals surface area contributed by atoms with Gasteiger partial charge in [0, 0.05) is 0 Å². The Morgan fingerprint density at radius 2 is 1.94 bits per heavy atom. The van der Waals surface area contributed by atoms with Gasteiger partial charge in [-0.15, -0.1) is 0 Å². The quantitative estimate of drug-likeness (QED) is 0.814. The van der Waals surface area contributed by atoms with Crippen molar-refractivity contribution >= 4 is 5.91 Å². The number of nitrogens with two attached hydrogens (primary N) is 1. The van der Waals surface area contributed by atoms with Gasteiger partial charge in [-0.05, 0) is 25.8 Å². The third-order valence-electron chi connectivity index (χ3n) is 2.62. The summed E-state index contributed by atoms with van der Waals surface area (Å²) >= 11 is 0. The van der Waals surface area contributed by atoms with Crippen LogP contribution in [0.2, 0.25) is 0 Å². The van der Waals surface area contributed by atoms with Crippen molar-refractivity contribution in [3.05, 3.63) is 35.4 Å². The second kappa shape index (κ2) is 5.66. The second-order valence-corrected chi connectivity index (χ2v) is 4.17. The van der Waals surface area contributed by atoms with Crippen LogP contribution in [-0.4, -0.2) is 11.9 Å². The minimum atomic E-state index is -0.459. The van der Waals surface area contributed by atoms with E-state index in [4.69, 9.17) is 5.73 Å². The molecule has 0 radical (unpaired) electrons. The van der Waals surface area contributed by atoms with Gasteiger partial charge in [-0.1, -0.05) is 36.8 Å². The molecule has 1 amide bonds. The van der Waals surface area contributed by atoms with Crippen LogP contribution in [-0.2, 0) is 4.79 Å². The van der Waals surface area contributed by atoms with Crippen LogP contribution in [0.15, 0.2) is 24.3 Å². The van der Waals surface area contributed by atoms with Gasteiger partial charge in [0.05, 0.1) is 12.1 Å². The normalized spacial score (nSPS) is 14.2. The summed E-state index contributed by atoms with van der Waals surface area (Å²) in [5, 5.41) is 2.94. The third kappa shape index (κ3) is 3.35. The molecule has 88 valence electrons. The van der Waals surface area contributed by atoms with Crippen molar-refractivity contribution in [2.75, 3.05) is 0 Å². The number of benzene rings is 1. The maximum atomic E-state index is 11.5. The highest BCUT2D eigenvalue weighted by Gasteiger charge is 2.14. The van der Waals surface area contributed by atoms with E-state index in [0.29, 0.717) is 0 Å². The first kappa shape index (κ1) is 12.7. The Morgan fingerprint density at radius 3 is 2.38 bits per heavy atom. The van der Waals surface area contributed by atoms with Gasteiger partial charge in [-0.25, -0.2) is 0 Å². The molecule has 3 heteroatoms. The lowest BCUT2D eigenvalue weighted by molar-refractivity contribution is -0.122. The molecule has 0 aliphatic rings. The van der Waals surface area contributed by atoms with Gasteiger partial charge in [0.15, 0.2) is 0 Å². The summed E-state index contributed by atoms with van der Waals surface area (Å²) in [4.78, 5) is 11.5. The minimum Gasteiger partial charge on any atom is -0.348 e. The number of amides is 1. The van der Waals surface area contributed by atoms with Crippen molar-refractivity contribution < 1.29 is 4.79 Å². The van der Waals surface area contributed by atoms with Crippen molar-refractivity contribution in [1.82, 2.24) is 5.32 Å². The fourth-order valence-electron chi connectivity index (χ4n) is 1.52. The fourth-order valence-corrected chi connectivity index (χ4v) is 1.52. The molecular formula is C13H20N2O. The molecule has 3 N–H and O–H groups in total. The molecule has 0 bridgehead atoms. The SMILES string of the molecule is CCC(NC(=O)[C@H](C)N)c1ccc(C)cc1. The van der Waals surface area contributed by atoms with Crippen LogP contribution in [0.25, 0.3) is 0 Å². The van der Waals surface area contributed by atoms with Gasteiger partial charge in [-0.2, -0.15) is 0 Å². The highest BCUT2D eigenvalue weighted by Crippen LogP contribution is 2.16. The molecule has 0 aliphatic heterocycles. The lowest BCUT2D eigenvalue weighted by Gasteiger charge is -2.19. The molecular weight excluding hydrogens is 200 g/mol. The lowest BCUT2D eigenvalue weighted by Crippen LogP contribution is -2.40. The number of carbonyl (C=O) groups is 1. The summed E-state index contributed by atoms with van der Waals surface area (Å²) in [6.07, 6.45) is 0.863. The van der Waals surface area contributed by atoms with Crippen LogP contribution in [0.1, 0.15) is 37.4 Å². The predicted molar refractivity (Wildman–Crippen MR) is 66.0 cm³/mol. The first-order valence-corrected chi connectivity index (χ1v) is 5.67. The van der Waals surface area contributed by atoms with Gasteiger partial charge >= 0.3 is 0 Å². The van der Waals surface area contributed by atoms with Gasteiger partial charge in [0.25, 0.3) is 0 Å². The van der Waals surface area contributed by atoms with E-state index in [1.807, 2.05) is 26.0 Å². The van der Waals surface area contributed by atoms with E-state index in [9.17, 15) is 4.79 Å². The van der Waals surface area contributed by atoms with E-state index in [1.54, 1.807) is 6.92 Å². The van der Waals surface area contributed by atoms with E-state index in [0.717, 1.165) is 12.0 Å². The van der Waals surface area contributed by atoms with Crippen LogP contribution in [0, 0.1) is 6.92 Å². The molecule has 0 aliphatic carbocycles. The average Bonchev–Trinajstić information content (AvgIpc) is 2.26. The Labute approximate surface area is 97.0 Å². The van der Waals surface area contributed by atoms with E-state index in [2.05, 4.69) is 17.4 Å². The molecule has 1 aromatic carbocycles. The molecule has 3 nitrogen and oxygen atoms in total. The highest BCUT2D eigenvalue weighted by atomic mass is 16.2. The van der Waals surface area contributed by atoms with Crippen molar-refractivity contribution in [2.24, 2.45) is 5.73 Å². The van der Waals surface area contributed by atoms with Crippen LogP contribution < -0.4 is 11.1 Å². The summed E-state index contributed by atoms with van der Waals surface area (Å²) in [6, 6.07) is 7.79. The molecule has 1 rings (SSSR count). The molecule has 0 heterocycles. The van der Waals surface area contributed by atoms with Gasteiger partial charge in [0.2, 0.25) is 5.91 Å². The molecule has 1 unspecified atom stereocenters. The number of carbonyl (C=O) groups excluding carboxylic acids is 1. The lowest BCUT2D eigenvalue weighted by atomic mass is 10.0. The number of hydrogen-bond acceptors (Lipinski definition) is 2. The molecule has 0 saturated carbocycles. The van der Waals surface area contributed by atoms with Crippen LogP contribution in [0.4, 0.5) is 0 Å². The third-order valence-corrected chi connectivity index (χ3v) is 2.62. The topological polar surface area (TPSA) is 55.1 Å². The van der Waals surface area contributed by atoms with Gasteiger partial charge in [0.1, 0.15) is 0 Å². The Hall–Kier alpha value is -1.35. The van der Waals surface area contributed by atoms with E-state index in [1.165, 1.54) is 5.56 Å². The van der Waals surface area contributed by atoms with Crippen LogP contribution in [0.5, 0.6) is 0 Å². The molecule has 0 aromatic heterocycles. The fraction of sp³-hybridized carbons (Fsp3) is 0.462. The Balaban J connectivity index is 2.74. The van der Waals surface area contributed by atoms with Crippen molar-refractivity contribution in [3.63, 3.8) is 0 Å². The van der Waals surface area contributed by atoms with E-state index < -0.39 is 6.04 Å². The Bertz CT molecular complexity index is 343. The Kier molecular flexibility index (Phi) is 4.50. The summed E-state index contributed by atoms with van der Waals surface area (Å²) in [5.74, 6) is -0.104. The van der Waals surface area contributed by atoms with E-state index >= 15 is 0 Å². The molecule has 16 heavy (non-hydrogen) atoms. The highest BCUT2D eigenvalue weighted by molar-refractivity contribution is 5.81. The zero-order valence-corrected chi connectivity index (χ0v) is 10.2.